The monoisotopic (exact) mass is 290 g/mol. The van der Waals surface area contributed by atoms with E-state index in [2.05, 4.69) is 9.93 Å². The molecule has 0 heterocycles. The average Bonchev–Trinajstić information content (AvgIpc) is 2.48. The Kier molecular flexibility index (Phi) is 4.37. The molecule has 0 aliphatic carbocycles. The van der Waals surface area contributed by atoms with Gasteiger partial charge in [0.2, 0.25) is 0 Å². The number of nitrogens with zero attached hydrogens (tertiary/aromatic N) is 1. The Morgan fingerprint density at radius 2 is 1.70 bits per heavy atom. The smallest absolute Gasteiger partial charge is 0.276 e. The fraction of sp³-hybridized carbons (Fsp3) is 0.0714. The van der Waals surface area contributed by atoms with Gasteiger partial charge < -0.3 is 4.74 Å². The van der Waals surface area contributed by atoms with Crippen LogP contribution in [0.4, 0.5) is 0 Å². The van der Waals surface area contributed by atoms with Crippen LogP contribution in [-0.2, 0) is 10.0 Å². The lowest BCUT2D eigenvalue weighted by molar-refractivity contribution is 0.414. The van der Waals surface area contributed by atoms with Crippen LogP contribution >= 0.6 is 0 Å². The Morgan fingerprint density at radius 1 is 1.05 bits per heavy atom. The second-order valence-corrected chi connectivity index (χ2v) is 5.60. The van der Waals surface area contributed by atoms with E-state index in [1.54, 1.807) is 12.1 Å². The van der Waals surface area contributed by atoms with E-state index in [1.807, 2.05) is 30.3 Å². The number of hydrogen-bond donors (Lipinski definition) is 1. The van der Waals surface area contributed by atoms with Gasteiger partial charge in [-0.25, -0.2) is 4.83 Å². The molecule has 0 atom stereocenters. The molecular formula is C14H14N2O3S. The van der Waals surface area contributed by atoms with Crippen LogP contribution in [0.15, 0.2) is 64.6 Å². The molecule has 104 valence electrons. The number of hydrogen-bond acceptors (Lipinski definition) is 4. The van der Waals surface area contributed by atoms with Crippen molar-refractivity contribution < 1.29 is 13.2 Å². The maximum Gasteiger partial charge on any atom is 0.276 e. The first-order valence-corrected chi connectivity index (χ1v) is 7.34. The number of hydrazone groups is 1. The Balaban J connectivity index is 2.09. The zero-order valence-electron chi connectivity index (χ0n) is 10.9. The van der Waals surface area contributed by atoms with E-state index in [4.69, 9.17) is 4.74 Å². The van der Waals surface area contributed by atoms with Crippen molar-refractivity contribution in [3.63, 3.8) is 0 Å². The molecule has 0 saturated heterocycles. The second kappa shape index (κ2) is 6.21. The molecule has 20 heavy (non-hydrogen) atoms. The van der Waals surface area contributed by atoms with Crippen molar-refractivity contribution in [2.45, 2.75) is 4.90 Å². The Bertz CT molecular complexity index is 680. The van der Waals surface area contributed by atoms with Gasteiger partial charge in [0, 0.05) is 0 Å². The van der Waals surface area contributed by atoms with Gasteiger partial charge in [-0.3, -0.25) is 0 Å². The van der Waals surface area contributed by atoms with Gasteiger partial charge >= 0.3 is 0 Å². The minimum Gasteiger partial charge on any atom is -0.497 e. The molecule has 0 radical (unpaired) electrons. The van der Waals surface area contributed by atoms with Crippen LogP contribution < -0.4 is 9.57 Å². The van der Waals surface area contributed by atoms with E-state index in [1.165, 1.54) is 25.5 Å². The summed E-state index contributed by atoms with van der Waals surface area (Å²) in [6.07, 6.45) is 1.45. The van der Waals surface area contributed by atoms with Gasteiger partial charge in [-0.1, -0.05) is 30.3 Å². The number of benzene rings is 2. The summed E-state index contributed by atoms with van der Waals surface area (Å²) in [5.74, 6) is 0.594. The molecule has 0 unspecified atom stereocenters. The van der Waals surface area contributed by atoms with Crippen LogP contribution in [-0.4, -0.2) is 21.7 Å². The highest BCUT2D eigenvalue weighted by atomic mass is 32.2. The first kappa shape index (κ1) is 14.1. The van der Waals surface area contributed by atoms with E-state index in [0.29, 0.717) is 5.75 Å². The van der Waals surface area contributed by atoms with Crippen molar-refractivity contribution in [1.82, 2.24) is 4.83 Å². The lowest BCUT2D eigenvalue weighted by atomic mass is 10.2. The van der Waals surface area contributed by atoms with Crippen LogP contribution in [0.2, 0.25) is 0 Å². The summed E-state index contributed by atoms with van der Waals surface area (Å²) in [4.78, 5) is 2.29. The summed E-state index contributed by atoms with van der Waals surface area (Å²) in [6.45, 7) is 0. The number of ether oxygens (including phenoxy) is 1. The van der Waals surface area contributed by atoms with Crippen molar-refractivity contribution in [2.24, 2.45) is 5.10 Å². The molecular weight excluding hydrogens is 276 g/mol. The SMILES string of the molecule is COc1ccc(S(=O)(=O)NN=Cc2ccccc2)cc1. The highest BCUT2D eigenvalue weighted by molar-refractivity contribution is 7.89. The Hall–Kier alpha value is -2.34. The van der Waals surface area contributed by atoms with Crippen molar-refractivity contribution in [2.75, 3.05) is 7.11 Å². The van der Waals surface area contributed by atoms with E-state index < -0.39 is 10.0 Å². The fourth-order valence-electron chi connectivity index (χ4n) is 1.52. The number of methoxy groups -OCH3 is 1. The summed E-state index contributed by atoms with van der Waals surface area (Å²) in [6, 6.07) is 15.3. The number of sulfonamides is 1. The Labute approximate surface area is 118 Å². The highest BCUT2D eigenvalue weighted by Gasteiger charge is 2.12. The summed E-state index contributed by atoms with van der Waals surface area (Å²) in [5, 5.41) is 3.74. The van der Waals surface area contributed by atoms with Crippen LogP contribution in [0.25, 0.3) is 0 Å². The Morgan fingerprint density at radius 3 is 2.30 bits per heavy atom. The minimum atomic E-state index is -3.66. The molecule has 0 bridgehead atoms. The van der Waals surface area contributed by atoms with E-state index in [0.717, 1.165) is 5.56 Å². The number of nitrogens with one attached hydrogen (secondary N) is 1. The maximum absolute atomic E-state index is 12.0. The quantitative estimate of drug-likeness (QED) is 0.676. The topological polar surface area (TPSA) is 67.8 Å². The predicted octanol–water partition coefficient (Wildman–Crippen LogP) is 2.01. The lowest BCUT2D eigenvalue weighted by Crippen LogP contribution is -2.18. The first-order chi connectivity index (χ1) is 9.62. The van der Waals surface area contributed by atoms with Crippen molar-refractivity contribution in [3.8, 4) is 5.75 Å². The van der Waals surface area contributed by atoms with Gasteiger partial charge in [0.15, 0.2) is 0 Å². The molecule has 0 saturated carbocycles. The normalized spacial score (nSPS) is 11.4. The third-order valence-electron chi connectivity index (χ3n) is 2.56. The first-order valence-electron chi connectivity index (χ1n) is 5.86. The lowest BCUT2D eigenvalue weighted by Gasteiger charge is -2.04. The molecule has 0 fully saturated rings. The summed E-state index contributed by atoms with van der Waals surface area (Å²) in [7, 11) is -2.14. The van der Waals surface area contributed by atoms with E-state index in [9.17, 15) is 8.42 Å². The van der Waals surface area contributed by atoms with Gasteiger partial charge in [0.25, 0.3) is 10.0 Å². The molecule has 0 spiro atoms. The van der Waals surface area contributed by atoms with Crippen LogP contribution in [0, 0.1) is 0 Å². The summed E-state index contributed by atoms with van der Waals surface area (Å²) < 4.78 is 28.9. The standard InChI is InChI=1S/C14H14N2O3S/c1-19-13-7-9-14(10-8-13)20(17,18)16-15-11-12-5-3-2-4-6-12/h2-11,16H,1H3. The second-order valence-electron chi connectivity index (χ2n) is 3.94. The van der Waals surface area contributed by atoms with Crippen LogP contribution in [0.1, 0.15) is 5.56 Å². The zero-order valence-corrected chi connectivity index (χ0v) is 11.7. The predicted molar refractivity (Wildman–Crippen MR) is 77.4 cm³/mol. The maximum atomic E-state index is 12.0. The minimum absolute atomic E-state index is 0.128. The van der Waals surface area contributed by atoms with Crippen molar-refractivity contribution >= 4 is 16.2 Å². The molecule has 0 aliphatic heterocycles. The van der Waals surface area contributed by atoms with Gasteiger partial charge in [-0.05, 0) is 29.8 Å². The van der Waals surface area contributed by atoms with E-state index in [-0.39, 0.29) is 4.90 Å². The molecule has 0 aliphatic rings. The number of rotatable bonds is 5. The van der Waals surface area contributed by atoms with Crippen molar-refractivity contribution in [3.05, 3.63) is 60.2 Å². The van der Waals surface area contributed by atoms with Gasteiger partial charge in [0.1, 0.15) is 5.75 Å². The highest BCUT2D eigenvalue weighted by Crippen LogP contribution is 2.15. The van der Waals surface area contributed by atoms with Gasteiger partial charge in [-0.2, -0.15) is 13.5 Å². The molecule has 5 nitrogen and oxygen atoms in total. The largest absolute Gasteiger partial charge is 0.497 e. The molecule has 2 aromatic carbocycles. The molecule has 2 rings (SSSR count). The molecule has 2 aromatic rings. The van der Waals surface area contributed by atoms with Crippen molar-refractivity contribution in [1.29, 1.82) is 0 Å². The third-order valence-corrected chi connectivity index (χ3v) is 3.79. The third kappa shape index (κ3) is 3.58. The van der Waals surface area contributed by atoms with Crippen LogP contribution in [0.5, 0.6) is 5.75 Å². The van der Waals surface area contributed by atoms with Gasteiger partial charge in [-0.15, -0.1) is 0 Å². The average molecular weight is 290 g/mol. The molecule has 6 heteroatoms. The van der Waals surface area contributed by atoms with Crippen LogP contribution in [0.3, 0.4) is 0 Å². The summed E-state index contributed by atoms with van der Waals surface area (Å²) in [5.41, 5.74) is 0.810. The fourth-order valence-corrected chi connectivity index (χ4v) is 2.31. The molecule has 0 amide bonds. The van der Waals surface area contributed by atoms with Gasteiger partial charge in [0.05, 0.1) is 18.2 Å². The molecule has 0 aromatic heterocycles. The zero-order chi connectivity index (χ0) is 14.4. The molecule has 1 N–H and O–H groups in total. The van der Waals surface area contributed by atoms with E-state index >= 15 is 0 Å². The summed E-state index contributed by atoms with van der Waals surface area (Å²) >= 11 is 0.